The van der Waals surface area contributed by atoms with E-state index in [4.69, 9.17) is 4.74 Å². The van der Waals surface area contributed by atoms with Crippen LogP contribution in [0.5, 0.6) is 11.5 Å². The summed E-state index contributed by atoms with van der Waals surface area (Å²) in [7, 11) is 0. The van der Waals surface area contributed by atoms with Crippen molar-refractivity contribution < 1.29 is 23.0 Å². The molecule has 5 nitrogen and oxygen atoms in total. The molecule has 0 aromatic carbocycles. The predicted molar refractivity (Wildman–Crippen MR) is 84.3 cm³/mol. The lowest BCUT2D eigenvalue weighted by Gasteiger charge is -2.33. The number of aryl methyl sites for hydroxylation is 1. The van der Waals surface area contributed by atoms with Gasteiger partial charge in [0.2, 0.25) is 0 Å². The molecule has 134 valence electrons. The molecular weight excluding hydrogens is 335 g/mol. The molecule has 0 bridgehead atoms. The van der Waals surface area contributed by atoms with Crippen molar-refractivity contribution in [2.75, 3.05) is 13.1 Å². The largest absolute Gasteiger partial charge is 0.453 e. The van der Waals surface area contributed by atoms with E-state index in [1.807, 2.05) is 0 Å². The quantitative estimate of drug-likeness (QED) is 0.887. The lowest BCUT2D eigenvalue weighted by atomic mass is 9.87. The molecular formula is C17H18F3N3O2. The van der Waals surface area contributed by atoms with E-state index in [-0.39, 0.29) is 5.75 Å². The van der Waals surface area contributed by atoms with Crippen molar-refractivity contribution in [2.45, 2.75) is 31.5 Å². The summed E-state index contributed by atoms with van der Waals surface area (Å²) in [6.45, 7) is 3.09. The molecule has 3 heterocycles. The van der Waals surface area contributed by atoms with Crippen molar-refractivity contribution in [1.29, 1.82) is 0 Å². The van der Waals surface area contributed by atoms with Gasteiger partial charge in [0.05, 0.1) is 6.20 Å². The van der Waals surface area contributed by atoms with Crippen LogP contribution in [0.25, 0.3) is 0 Å². The third-order valence-electron chi connectivity index (χ3n) is 4.22. The second-order valence-electron chi connectivity index (χ2n) is 6.07. The number of halogens is 3. The monoisotopic (exact) mass is 353 g/mol. The highest BCUT2D eigenvalue weighted by molar-refractivity contribution is 5.42. The Labute approximate surface area is 142 Å². The minimum atomic E-state index is -4.50. The molecule has 0 amide bonds. The number of piperidine rings is 1. The molecule has 0 radical (unpaired) electrons. The number of nitrogens with one attached hydrogen (secondary N) is 1. The van der Waals surface area contributed by atoms with Gasteiger partial charge in [0.1, 0.15) is 22.7 Å². The van der Waals surface area contributed by atoms with Gasteiger partial charge < -0.3 is 15.2 Å². The van der Waals surface area contributed by atoms with Crippen LogP contribution in [0.2, 0.25) is 0 Å². The van der Waals surface area contributed by atoms with Gasteiger partial charge in [0, 0.05) is 6.20 Å². The Balaban J connectivity index is 1.92. The molecule has 2 aromatic rings. The van der Waals surface area contributed by atoms with Crippen LogP contribution >= 0.6 is 0 Å². The summed E-state index contributed by atoms with van der Waals surface area (Å²) >= 11 is 0. The third kappa shape index (κ3) is 3.74. The van der Waals surface area contributed by atoms with E-state index in [2.05, 4.69) is 15.3 Å². The molecule has 25 heavy (non-hydrogen) atoms. The van der Waals surface area contributed by atoms with Gasteiger partial charge >= 0.3 is 6.18 Å². The molecule has 2 aromatic heterocycles. The minimum absolute atomic E-state index is 0.155. The Kier molecular flexibility index (Phi) is 4.66. The van der Waals surface area contributed by atoms with Crippen LogP contribution in [0.1, 0.15) is 29.8 Å². The van der Waals surface area contributed by atoms with Crippen LogP contribution in [0.3, 0.4) is 0 Å². The van der Waals surface area contributed by atoms with Gasteiger partial charge in [-0.1, -0.05) is 0 Å². The summed E-state index contributed by atoms with van der Waals surface area (Å²) in [6.07, 6.45) is -0.942. The number of hydrogen-bond acceptors (Lipinski definition) is 5. The van der Waals surface area contributed by atoms with E-state index in [0.717, 1.165) is 17.8 Å². The molecule has 1 saturated heterocycles. The average Bonchev–Trinajstić information content (AvgIpc) is 2.57. The maximum atomic E-state index is 12.6. The zero-order chi connectivity index (χ0) is 18.1. The number of ether oxygens (including phenoxy) is 1. The number of pyridine rings is 2. The smallest absolute Gasteiger partial charge is 0.433 e. The molecule has 0 unspecified atom stereocenters. The lowest BCUT2D eigenvalue weighted by molar-refractivity contribution is -0.141. The Bertz CT molecular complexity index is 742. The summed E-state index contributed by atoms with van der Waals surface area (Å²) in [6, 6.07) is 3.79. The fraction of sp³-hybridized carbons (Fsp3) is 0.412. The Morgan fingerprint density at radius 2 is 1.88 bits per heavy atom. The fourth-order valence-electron chi connectivity index (χ4n) is 2.81. The van der Waals surface area contributed by atoms with Gasteiger partial charge in [-0.3, -0.25) is 4.98 Å². The second-order valence-corrected chi connectivity index (χ2v) is 6.07. The van der Waals surface area contributed by atoms with Crippen molar-refractivity contribution in [3.8, 4) is 11.5 Å². The first-order chi connectivity index (χ1) is 11.8. The van der Waals surface area contributed by atoms with E-state index in [0.29, 0.717) is 37.4 Å². The number of alkyl halides is 3. The van der Waals surface area contributed by atoms with Gasteiger partial charge in [-0.2, -0.15) is 13.2 Å². The molecule has 0 saturated carbocycles. The third-order valence-corrected chi connectivity index (χ3v) is 4.22. The van der Waals surface area contributed by atoms with Crippen LogP contribution < -0.4 is 10.1 Å². The molecule has 1 aliphatic rings. The van der Waals surface area contributed by atoms with Gasteiger partial charge in [0.15, 0.2) is 5.75 Å². The number of hydrogen-bond donors (Lipinski definition) is 2. The average molecular weight is 353 g/mol. The predicted octanol–water partition coefficient (Wildman–Crippen LogP) is 3.17. The zero-order valence-corrected chi connectivity index (χ0v) is 13.6. The Morgan fingerprint density at radius 3 is 2.48 bits per heavy atom. The van der Waals surface area contributed by atoms with E-state index in [1.165, 1.54) is 6.07 Å². The van der Waals surface area contributed by atoms with Crippen molar-refractivity contribution in [3.63, 3.8) is 0 Å². The van der Waals surface area contributed by atoms with Crippen LogP contribution in [-0.4, -0.2) is 28.2 Å². The summed E-state index contributed by atoms with van der Waals surface area (Å²) in [5.41, 5.74) is -0.989. The van der Waals surface area contributed by atoms with Crippen LogP contribution in [-0.2, 0) is 11.8 Å². The zero-order valence-electron chi connectivity index (χ0n) is 13.6. The van der Waals surface area contributed by atoms with E-state index in [1.54, 1.807) is 19.2 Å². The van der Waals surface area contributed by atoms with E-state index in [9.17, 15) is 18.3 Å². The summed E-state index contributed by atoms with van der Waals surface area (Å²) in [4.78, 5) is 7.68. The van der Waals surface area contributed by atoms with Gasteiger partial charge in [-0.25, -0.2) is 4.98 Å². The number of aliphatic hydroxyl groups is 1. The van der Waals surface area contributed by atoms with E-state index < -0.39 is 17.5 Å². The lowest BCUT2D eigenvalue weighted by Crippen LogP contribution is -2.40. The molecule has 0 spiro atoms. The highest BCUT2D eigenvalue weighted by Gasteiger charge is 2.36. The molecule has 3 rings (SSSR count). The maximum Gasteiger partial charge on any atom is 0.433 e. The highest BCUT2D eigenvalue weighted by atomic mass is 19.4. The van der Waals surface area contributed by atoms with Crippen LogP contribution in [0.15, 0.2) is 30.6 Å². The number of nitrogens with zero attached hydrogens (tertiary/aromatic N) is 2. The van der Waals surface area contributed by atoms with Crippen molar-refractivity contribution in [2.24, 2.45) is 0 Å². The van der Waals surface area contributed by atoms with Crippen LogP contribution in [0.4, 0.5) is 13.2 Å². The Morgan fingerprint density at radius 1 is 1.16 bits per heavy atom. The molecule has 1 aliphatic heterocycles. The standard InChI is InChI=1S/C17H18F3N3O2/c1-11-4-7-22-15(16(24)5-8-21-9-6-16)14(11)25-12-2-3-13(23-10-12)17(18,19)20/h2-4,7,10,21,24H,5-6,8-9H2,1H3. The normalized spacial score (nSPS) is 17.3. The fourth-order valence-corrected chi connectivity index (χ4v) is 2.81. The first-order valence-electron chi connectivity index (χ1n) is 7.90. The summed E-state index contributed by atoms with van der Waals surface area (Å²) < 4.78 is 43.6. The topological polar surface area (TPSA) is 67.3 Å². The minimum Gasteiger partial charge on any atom is -0.453 e. The molecule has 0 atom stereocenters. The van der Waals surface area contributed by atoms with Gasteiger partial charge in [-0.05, 0) is 56.6 Å². The first-order valence-corrected chi connectivity index (χ1v) is 7.90. The Hall–Kier alpha value is -2.19. The van der Waals surface area contributed by atoms with Crippen molar-refractivity contribution in [1.82, 2.24) is 15.3 Å². The van der Waals surface area contributed by atoms with Crippen molar-refractivity contribution in [3.05, 3.63) is 47.5 Å². The number of aromatic nitrogens is 2. The maximum absolute atomic E-state index is 12.6. The SMILES string of the molecule is Cc1ccnc(C2(O)CCNCC2)c1Oc1ccc(C(F)(F)F)nc1. The first kappa shape index (κ1) is 17.6. The second kappa shape index (κ2) is 6.61. The van der Waals surface area contributed by atoms with Gasteiger partial charge in [0.25, 0.3) is 0 Å². The molecule has 1 fully saturated rings. The van der Waals surface area contributed by atoms with Crippen molar-refractivity contribution >= 4 is 0 Å². The molecule has 8 heteroatoms. The van der Waals surface area contributed by atoms with Gasteiger partial charge in [-0.15, -0.1) is 0 Å². The molecule has 0 aliphatic carbocycles. The highest BCUT2D eigenvalue weighted by Crippen LogP contribution is 2.39. The summed E-state index contributed by atoms with van der Waals surface area (Å²) in [5.74, 6) is 0.511. The van der Waals surface area contributed by atoms with E-state index >= 15 is 0 Å². The number of rotatable bonds is 3. The molecule has 2 N–H and O–H groups in total. The van der Waals surface area contributed by atoms with Crippen LogP contribution in [0, 0.1) is 6.92 Å². The summed E-state index contributed by atoms with van der Waals surface area (Å²) in [5, 5.41) is 14.1.